The van der Waals surface area contributed by atoms with E-state index in [0.29, 0.717) is 6.54 Å². The molecule has 0 unspecified atom stereocenters. The quantitative estimate of drug-likeness (QED) is 0.458. The van der Waals surface area contributed by atoms with E-state index in [9.17, 15) is 4.79 Å². The van der Waals surface area contributed by atoms with Crippen molar-refractivity contribution in [3.05, 3.63) is 54.1 Å². The van der Waals surface area contributed by atoms with Crippen LogP contribution in [0.1, 0.15) is 52.0 Å². The summed E-state index contributed by atoms with van der Waals surface area (Å²) in [4.78, 5) is 12.1. The maximum absolute atomic E-state index is 12.1. The van der Waals surface area contributed by atoms with E-state index in [4.69, 9.17) is 9.47 Å². The van der Waals surface area contributed by atoms with Crippen LogP contribution in [0.15, 0.2) is 48.5 Å². The number of ether oxygens (including phenoxy) is 2. The fourth-order valence-corrected chi connectivity index (χ4v) is 2.84. The Morgan fingerprint density at radius 2 is 1.62 bits per heavy atom. The molecule has 0 heterocycles. The molecule has 0 spiro atoms. The predicted octanol–water partition coefficient (Wildman–Crippen LogP) is 5.16. The molecule has 0 saturated heterocycles. The van der Waals surface area contributed by atoms with Gasteiger partial charge in [-0.25, -0.2) is 0 Å². The van der Waals surface area contributed by atoms with Crippen molar-refractivity contribution < 1.29 is 14.3 Å². The molecule has 0 aliphatic rings. The summed E-state index contributed by atoms with van der Waals surface area (Å²) in [7, 11) is 0. The van der Waals surface area contributed by atoms with E-state index >= 15 is 0 Å². The first-order valence-electron chi connectivity index (χ1n) is 10.6. The van der Waals surface area contributed by atoms with Gasteiger partial charge < -0.3 is 20.1 Å². The van der Waals surface area contributed by atoms with Gasteiger partial charge in [0.1, 0.15) is 11.5 Å². The first-order valence-corrected chi connectivity index (χ1v) is 10.6. The number of nitrogens with one attached hydrogen (secondary N) is 2. The van der Waals surface area contributed by atoms with Crippen LogP contribution < -0.4 is 20.1 Å². The molecule has 158 valence electrons. The average molecular weight is 399 g/mol. The molecule has 5 heteroatoms. The summed E-state index contributed by atoms with van der Waals surface area (Å²) in [5, 5.41) is 6.05. The van der Waals surface area contributed by atoms with E-state index in [1.165, 1.54) is 19.3 Å². The SMILES string of the molecule is CCCCCCOc1ccc(NC(=O)CNCc2ccc(OC(C)C)cc2)cc1. The van der Waals surface area contributed by atoms with Crippen LogP contribution >= 0.6 is 0 Å². The number of hydrogen-bond acceptors (Lipinski definition) is 4. The minimum absolute atomic E-state index is 0.0713. The zero-order chi connectivity index (χ0) is 20.9. The monoisotopic (exact) mass is 398 g/mol. The summed E-state index contributed by atoms with van der Waals surface area (Å²) in [5.74, 6) is 1.62. The highest BCUT2D eigenvalue weighted by atomic mass is 16.5. The Morgan fingerprint density at radius 3 is 2.28 bits per heavy atom. The van der Waals surface area contributed by atoms with E-state index in [-0.39, 0.29) is 18.6 Å². The van der Waals surface area contributed by atoms with Crippen LogP contribution in [0.25, 0.3) is 0 Å². The molecule has 0 atom stereocenters. The second-order valence-electron chi connectivity index (χ2n) is 7.40. The Hall–Kier alpha value is -2.53. The number of anilines is 1. The van der Waals surface area contributed by atoms with Gasteiger partial charge in [-0.3, -0.25) is 4.79 Å². The van der Waals surface area contributed by atoms with Gasteiger partial charge in [0, 0.05) is 12.2 Å². The lowest BCUT2D eigenvalue weighted by molar-refractivity contribution is -0.115. The Morgan fingerprint density at radius 1 is 0.931 bits per heavy atom. The first kappa shape index (κ1) is 22.8. The van der Waals surface area contributed by atoms with Crippen molar-refractivity contribution in [1.29, 1.82) is 0 Å². The largest absolute Gasteiger partial charge is 0.494 e. The topological polar surface area (TPSA) is 59.6 Å². The van der Waals surface area contributed by atoms with Crippen LogP contribution in [0, 0.1) is 0 Å². The lowest BCUT2D eigenvalue weighted by Gasteiger charge is -2.11. The number of carbonyl (C=O) groups is 1. The third kappa shape index (κ3) is 9.48. The summed E-state index contributed by atoms with van der Waals surface area (Å²) in [6, 6.07) is 15.4. The molecule has 5 nitrogen and oxygen atoms in total. The Balaban J connectivity index is 1.65. The molecule has 0 aliphatic carbocycles. The first-order chi connectivity index (χ1) is 14.1. The van der Waals surface area contributed by atoms with Gasteiger partial charge in [0.2, 0.25) is 5.91 Å². The number of carbonyl (C=O) groups excluding carboxylic acids is 1. The molecule has 0 aliphatic heterocycles. The Kier molecular flexibility index (Phi) is 10.1. The Labute approximate surface area is 174 Å². The molecular weight excluding hydrogens is 364 g/mol. The highest BCUT2D eigenvalue weighted by Crippen LogP contribution is 2.16. The molecule has 0 fully saturated rings. The van der Waals surface area contributed by atoms with Crippen molar-refractivity contribution >= 4 is 11.6 Å². The highest BCUT2D eigenvalue weighted by molar-refractivity contribution is 5.92. The van der Waals surface area contributed by atoms with E-state index in [1.54, 1.807) is 0 Å². The minimum Gasteiger partial charge on any atom is -0.494 e. The van der Waals surface area contributed by atoms with Crippen LogP contribution in [0.5, 0.6) is 11.5 Å². The van der Waals surface area contributed by atoms with Crippen LogP contribution in [-0.4, -0.2) is 25.2 Å². The van der Waals surface area contributed by atoms with Gasteiger partial charge in [-0.15, -0.1) is 0 Å². The van der Waals surface area contributed by atoms with Gasteiger partial charge in [-0.05, 0) is 62.2 Å². The number of rotatable bonds is 13. The third-order valence-electron chi connectivity index (χ3n) is 4.31. The van der Waals surface area contributed by atoms with Gasteiger partial charge in [-0.2, -0.15) is 0 Å². The molecule has 2 aromatic carbocycles. The highest BCUT2D eigenvalue weighted by Gasteiger charge is 2.04. The smallest absolute Gasteiger partial charge is 0.238 e. The van der Waals surface area contributed by atoms with E-state index in [1.807, 2.05) is 62.4 Å². The van der Waals surface area contributed by atoms with Crippen molar-refractivity contribution in [2.45, 2.75) is 59.1 Å². The number of amides is 1. The summed E-state index contributed by atoms with van der Waals surface area (Å²) in [5.41, 5.74) is 1.87. The lowest BCUT2D eigenvalue weighted by atomic mass is 10.2. The summed E-state index contributed by atoms with van der Waals surface area (Å²) in [6.07, 6.45) is 4.91. The molecule has 0 saturated carbocycles. The fraction of sp³-hybridized carbons (Fsp3) is 0.458. The number of benzene rings is 2. The number of unbranched alkanes of at least 4 members (excludes halogenated alkanes) is 3. The van der Waals surface area contributed by atoms with E-state index in [2.05, 4.69) is 17.6 Å². The zero-order valence-electron chi connectivity index (χ0n) is 17.9. The predicted molar refractivity (Wildman–Crippen MR) is 119 cm³/mol. The summed E-state index contributed by atoms with van der Waals surface area (Å²) < 4.78 is 11.4. The second kappa shape index (κ2) is 12.8. The number of hydrogen-bond donors (Lipinski definition) is 2. The van der Waals surface area contributed by atoms with Gasteiger partial charge in [-0.1, -0.05) is 38.3 Å². The zero-order valence-corrected chi connectivity index (χ0v) is 17.9. The van der Waals surface area contributed by atoms with Gasteiger partial charge in [0.15, 0.2) is 0 Å². The van der Waals surface area contributed by atoms with Gasteiger partial charge in [0.05, 0.1) is 19.3 Å². The minimum atomic E-state index is -0.0713. The molecular formula is C24H34N2O3. The molecule has 0 aromatic heterocycles. The standard InChI is InChI=1S/C24H34N2O3/c1-4-5-6-7-16-28-22-14-10-21(11-15-22)26-24(27)18-25-17-20-8-12-23(13-9-20)29-19(2)3/h8-15,19,25H,4-7,16-18H2,1-3H3,(H,26,27). The van der Waals surface area contributed by atoms with Crippen molar-refractivity contribution in [2.75, 3.05) is 18.5 Å². The fourth-order valence-electron chi connectivity index (χ4n) is 2.84. The normalized spacial score (nSPS) is 10.8. The van der Waals surface area contributed by atoms with Gasteiger partial charge in [0.25, 0.3) is 0 Å². The van der Waals surface area contributed by atoms with Crippen molar-refractivity contribution in [2.24, 2.45) is 0 Å². The third-order valence-corrected chi connectivity index (χ3v) is 4.31. The molecule has 2 rings (SSSR count). The molecule has 0 radical (unpaired) electrons. The Bertz CT molecular complexity index is 712. The average Bonchev–Trinajstić information content (AvgIpc) is 2.70. The van der Waals surface area contributed by atoms with Crippen LogP contribution in [0.4, 0.5) is 5.69 Å². The maximum Gasteiger partial charge on any atom is 0.238 e. The molecule has 29 heavy (non-hydrogen) atoms. The molecule has 2 N–H and O–H groups in total. The van der Waals surface area contributed by atoms with Gasteiger partial charge >= 0.3 is 0 Å². The summed E-state index contributed by atoms with van der Waals surface area (Å²) in [6.45, 7) is 7.82. The van der Waals surface area contributed by atoms with Crippen LogP contribution in [0.2, 0.25) is 0 Å². The van der Waals surface area contributed by atoms with Crippen molar-refractivity contribution in [3.63, 3.8) is 0 Å². The van der Waals surface area contributed by atoms with Crippen LogP contribution in [-0.2, 0) is 11.3 Å². The second-order valence-corrected chi connectivity index (χ2v) is 7.40. The van der Waals surface area contributed by atoms with E-state index in [0.717, 1.165) is 35.8 Å². The van der Waals surface area contributed by atoms with Crippen LogP contribution in [0.3, 0.4) is 0 Å². The lowest BCUT2D eigenvalue weighted by Crippen LogP contribution is -2.27. The van der Waals surface area contributed by atoms with Crippen molar-refractivity contribution in [1.82, 2.24) is 5.32 Å². The molecule has 2 aromatic rings. The van der Waals surface area contributed by atoms with E-state index < -0.39 is 0 Å². The van der Waals surface area contributed by atoms with Crippen molar-refractivity contribution in [3.8, 4) is 11.5 Å². The maximum atomic E-state index is 12.1. The molecule has 0 bridgehead atoms. The molecule has 1 amide bonds. The summed E-state index contributed by atoms with van der Waals surface area (Å²) >= 11 is 0.